The molecule has 4 heteroatoms. The van der Waals surface area contributed by atoms with Gasteiger partial charge in [-0.2, -0.15) is 12.6 Å². The monoisotopic (exact) mass is 254 g/mol. The quantitative estimate of drug-likeness (QED) is 0.444. The zero-order valence-corrected chi connectivity index (χ0v) is 11.4. The zero-order valence-electron chi connectivity index (χ0n) is 10.5. The van der Waals surface area contributed by atoms with Crippen LogP contribution in [0.2, 0.25) is 0 Å². The van der Waals surface area contributed by atoms with Crippen LogP contribution >= 0.6 is 12.6 Å². The van der Waals surface area contributed by atoms with Gasteiger partial charge in [-0.05, 0) is 43.8 Å². The molecule has 0 heterocycles. The number of thiol groups is 1. The van der Waals surface area contributed by atoms with E-state index in [0.717, 1.165) is 12.1 Å². The van der Waals surface area contributed by atoms with Crippen LogP contribution in [0.25, 0.3) is 0 Å². The Balaban J connectivity index is 2.59. The summed E-state index contributed by atoms with van der Waals surface area (Å²) in [7, 11) is 1.96. The molecule has 3 nitrogen and oxygen atoms in total. The summed E-state index contributed by atoms with van der Waals surface area (Å²) >= 11 is 4.10. The Morgan fingerprint density at radius 2 is 2.18 bits per heavy atom. The summed E-state index contributed by atoms with van der Waals surface area (Å²) in [5, 5.41) is 15.9. The fraction of sp³-hybridized carbons (Fsp3) is 0.538. The van der Waals surface area contributed by atoms with Crippen molar-refractivity contribution in [3.63, 3.8) is 0 Å². The summed E-state index contributed by atoms with van der Waals surface area (Å²) in [6.07, 6.45) is 1.10. The number of aliphatic hydroxyl groups is 1. The number of aliphatic hydroxyl groups excluding tert-OH is 1. The highest BCUT2D eigenvalue weighted by Crippen LogP contribution is 2.13. The number of hydrogen-bond donors (Lipinski definition) is 4. The molecule has 2 atom stereocenters. The smallest absolute Gasteiger partial charge is 0.125 e. The van der Waals surface area contributed by atoms with Gasteiger partial charge in [-0.3, -0.25) is 0 Å². The number of rotatable bonds is 7. The summed E-state index contributed by atoms with van der Waals surface area (Å²) in [6, 6.07) is 8.61. The number of likely N-dealkylation sites (N-methyl/N-ethyl adjacent to an activating group) is 1. The molecule has 0 radical (unpaired) electrons. The number of benzene rings is 1. The van der Waals surface area contributed by atoms with Gasteiger partial charge in [0.25, 0.3) is 0 Å². The van der Waals surface area contributed by atoms with Crippen molar-refractivity contribution in [2.24, 2.45) is 0 Å². The van der Waals surface area contributed by atoms with E-state index in [1.54, 1.807) is 0 Å². The molecule has 96 valence electrons. The Kier molecular flexibility index (Phi) is 6.40. The molecule has 0 aliphatic rings. The van der Waals surface area contributed by atoms with E-state index in [0.29, 0.717) is 18.2 Å². The average molecular weight is 254 g/mol. The first-order chi connectivity index (χ1) is 8.15. The van der Waals surface area contributed by atoms with Gasteiger partial charge in [-0.25, -0.2) is 0 Å². The van der Waals surface area contributed by atoms with E-state index in [9.17, 15) is 5.11 Å². The van der Waals surface area contributed by atoms with Crippen molar-refractivity contribution < 1.29 is 5.11 Å². The average Bonchev–Trinajstić information content (AvgIpc) is 2.29. The second-order valence-electron chi connectivity index (χ2n) is 4.27. The molecular formula is C13H22N2OS. The number of nitrogens with one attached hydrogen (secondary N) is 2. The molecular weight excluding hydrogens is 232 g/mol. The Labute approximate surface area is 109 Å². The van der Waals surface area contributed by atoms with Gasteiger partial charge in [0.2, 0.25) is 0 Å². The summed E-state index contributed by atoms with van der Waals surface area (Å²) in [5.41, 5.74) is 2.22. The Morgan fingerprint density at radius 3 is 2.82 bits per heavy atom. The Hall–Kier alpha value is -0.710. The maximum Gasteiger partial charge on any atom is 0.125 e. The number of anilines is 1. The van der Waals surface area contributed by atoms with E-state index in [-0.39, 0.29) is 0 Å². The lowest BCUT2D eigenvalue weighted by Gasteiger charge is -2.15. The summed E-state index contributed by atoms with van der Waals surface area (Å²) in [6.45, 7) is 2.15. The Bertz CT molecular complexity index is 333. The molecule has 0 fully saturated rings. The van der Waals surface area contributed by atoms with Crippen molar-refractivity contribution in [3.8, 4) is 0 Å². The Morgan fingerprint density at radius 1 is 1.41 bits per heavy atom. The molecule has 1 aromatic carbocycles. The SMILES string of the molecule is CNC(C)Cc1cccc(NC(O)CCS)c1. The van der Waals surface area contributed by atoms with Crippen molar-refractivity contribution >= 4 is 18.3 Å². The third-order valence-corrected chi connectivity index (χ3v) is 2.96. The lowest BCUT2D eigenvalue weighted by atomic mass is 10.1. The van der Waals surface area contributed by atoms with Crippen molar-refractivity contribution in [2.45, 2.75) is 32.0 Å². The van der Waals surface area contributed by atoms with E-state index >= 15 is 0 Å². The van der Waals surface area contributed by atoms with E-state index in [1.165, 1.54) is 5.56 Å². The van der Waals surface area contributed by atoms with Crippen LogP contribution in [0.15, 0.2) is 24.3 Å². The molecule has 2 unspecified atom stereocenters. The van der Waals surface area contributed by atoms with Gasteiger partial charge in [0.1, 0.15) is 6.23 Å². The van der Waals surface area contributed by atoms with Crippen LogP contribution in [0.3, 0.4) is 0 Å². The molecule has 0 aliphatic heterocycles. The summed E-state index contributed by atoms with van der Waals surface area (Å²) in [4.78, 5) is 0. The highest BCUT2D eigenvalue weighted by atomic mass is 32.1. The summed E-state index contributed by atoms with van der Waals surface area (Å²) < 4.78 is 0. The van der Waals surface area contributed by atoms with Crippen molar-refractivity contribution in [3.05, 3.63) is 29.8 Å². The highest BCUT2D eigenvalue weighted by molar-refractivity contribution is 7.80. The third kappa shape index (κ3) is 5.44. The predicted octanol–water partition coefficient (Wildman–Crippen LogP) is 1.89. The minimum atomic E-state index is -0.524. The minimum Gasteiger partial charge on any atom is -0.374 e. The first kappa shape index (κ1) is 14.4. The normalized spacial score (nSPS) is 14.4. The van der Waals surface area contributed by atoms with Crippen LogP contribution in [0, 0.1) is 0 Å². The maximum absolute atomic E-state index is 9.65. The van der Waals surface area contributed by atoms with Gasteiger partial charge >= 0.3 is 0 Å². The van der Waals surface area contributed by atoms with Crippen LogP contribution in [-0.2, 0) is 6.42 Å². The topological polar surface area (TPSA) is 44.3 Å². The minimum absolute atomic E-state index is 0.451. The van der Waals surface area contributed by atoms with Gasteiger partial charge in [0.05, 0.1) is 0 Å². The molecule has 0 aliphatic carbocycles. The first-order valence-corrected chi connectivity index (χ1v) is 6.60. The molecule has 17 heavy (non-hydrogen) atoms. The molecule has 1 aromatic rings. The molecule has 0 saturated heterocycles. The zero-order chi connectivity index (χ0) is 12.7. The van der Waals surface area contributed by atoms with Gasteiger partial charge in [-0.1, -0.05) is 12.1 Å². The maximum atomic E-state index is 9.65. The van der Waals surface area contributed by atoms with E-state index in [1.807, 2.05) is 19.2 Å². The van der Waals surface area contributed by atoms with Gasteiger partial charge < -0.3 is 15.7 Å². The molecule has 3 N–H and O–H groups in total. The van der Waals surface area contributed by atoms with E-state index < -0.39 is 6.23 Å². The van der Waals surface area contributed by atoms with Crippen molar-refractivity contribution in [2.75, 3.05) is 18.1 Å². The van der Waals surface area contributed by atoms with Gasteiger partial charge in [0, 0.05) is 18.2 Å². The van der Waals surface area contributed by atoms with Crippen LogP contribution in [0.1, 0.15) is 18.9 Å². The summed E-state index contributed by atoms with van der Waals surface area (Å²) in [5.74, 6) is 0.671. The largest absolute Gasteiger partial charge is 0.374 e. The first-order valence-electron chi connectivity index (χ1n) is 5.97. The van der Waals surface area contributed by atoms with Crippen molar-refractivity contribution in [1.29, 1.82) is 0 Å². The third-order valence-electron chi connectivity index (χ3n) is 2.70. The molecule has 0 saturated carbocycles. The van der Waals surface area contributed by atoms with E-state index in [4.69, 9.17) is 0 Å². The molecule has 0 amide bonds. The fourth-order valence-corrected chi connectivity index (χ4v) is 1.88. The van der Waals surface area contributed by atoms with E-state index in [2.05, 4.69) is 42.3 Å². The number of hydrogen-bond acceptors (Lipinski definition) is 4. The molecule has 1 rings (SSSR count). The second kappa shape index (κ2) is 7.58. The van der Waals surface area contributed by atoms with Crippen LogP contribution in [-0.4, -0.2) is 30.2 Å². The predicted molar refractivity (Wildman–Crippen MR) is 76.8 cm³/mol. The highest BCUT2D eigenvalue weighted by Gasteiger charge is 2.04. The molecule has 0 bridgehead atoms. The van der Waals surface area contributed by atoms with Gasteiger partial charge in [-0.15, -0.1) is 0 Å². The second-order valence-corrected chi connectivity index (χ2v) is 4.71. The lowest BCUT2D eigenvalue weighted by molar-refractivity contribution is 0.201. The standard InChI is InChI=1S/C13H22N2OS/c1-10(14-2)8-11-4-3-5-12(9-11)15-13(16)6-7-17/h3-5,9-10,13-17H,6-8H2,1-2H3. The van der Waals surface area contributed by atoms with Gasteiger partial charge in [0.15, 0.2) is 0 Å². The fourth-order valence-electron chi connectivity index (χ4n) is 1.63. The van der Waals surface area contributed by atoms with Crippen LogP contribution < -0.4 is 10.6 Å². The molecule has 0 aromatic heterocycles. The van der Waals surface area contributed by atoms with Crippen LogP contribution in [0.5, 0.6) is 0 Å². The lowest BCUT2D eigenvalue weighted by Crippen LogP contribution is -2.23. The van der Waals surface area contributed by atoms with Crippen LogP contribution in [0.4, 0.5) is 5.69 Å². The van der Waals surface area contributed by atoms with Crippen molar-refractivity contribution in [1.82, 2.24) is 5.32 Å². The molecule has 0 spiro atoms.